The molecule has 0 aliphatic heterocycles. The van der Waals surface area contributed by atoms with Crippen LogP contribution in [-0.4, -0.2) is 48.2 Å². The van der Waals surface area contributed by atoms with E-state index in [0.717, 1.165) is 11.1 Å². The van der Waals surface area contributed by atoms with E-state index >= 15 is 0 Å². The Labute approximate surface area is 144 Å². The second kappa shape index (κ2) is 8.88. The first-order valence-corrected chi connectivity index (χ1v) is 8.06. The molecule has 1 N–H and O–H groups in total. The Morgan fingerprint density at radius 3 is 2.61 bits per heavy atom. The summed E-state index contributed by atoms with van der Waals surface area (Å²) < 4.78 is 11.1. The molecule has 1 aromatic carbocycles. The van der Waals surface area contributed by atoms with Crippen LogP contribution in [0.25, 0.3) is 0 Å². The van der Waals surface area contributed by atoms with Crippen LogP contribution in [0.2, 0.25) is 0 Å². The van der Waals surface area contributed by atoms with Crippen LogP contribution in [0, 0.1) is 6.92 Å². The predicted molar refractivity (Wildman–Crippen MR) is 89.6 cm³/mol. The van der Waals surface area contributed by atoms with Gasteiger partial charge in [-0.1, -0.05) is 6.07 Å². The van der Waals surface area contributed by atoms with Crippen LogP contribution in [0.15, 0.2) is 16.6 Å². The van der Waals surface area contributed by atoms with Crippen LogP contribution in [0.4, 0.5) is 0 Å². The van der Waals surface area contributed by atoms with Crippen LogP contribution < -0.4 is 4.74 Å². The summed E-state index contributed by atoms with van der Waals surface area (Å²) in [6.07, 6.45) is 0. The third kappa shape index (κ3) is 5.84. The van der Waals surface area contributed by atoms with Crippen molar-refractivity contribution in [1.82, 2.24) is 4.90 Å². The van der Waals surface area contributed by atoms with E-state index in [9.17, 15) is 9.59 Å². The van der Waals surface area contributed by atoms with Gasteiger partial charge >= 0.3 is 11.9 Å². The number of hydrogen-bond donors (Lipinski definition) is 1. The number of esters is 1. The number of carboxylic acid groups (broad SMARTS) is 1. The minimum absolute atomic E-state index is 0.194. The van der Waals surface area contributed by atoms with Gasteiger partial charge in [0.05, 0.1) is 11.1 Å². The molecule has 0 aliphatic rings. The first-order chi connectivity index (χ1) is 10.8. The number of ether oxygens (including phenoxy) is 2. The lowest BCUT2D eigenvalue weighted by molar-refractivity contribution is -0.145. The Kier molecular flexibility index (Phi) is 7.51. The van der Waals surface area contributed by atoms with Crippen LogP contribution in [-0.2, 0) is 20.9 Å². The average molecular weight is 388 g/mol. The summed E-state index contributed by atoms with van der Waals surface area (Å²) in [6.45, 7) is 5.76. The van der Waals surface area contributed by atoms with E-state index in [0.29, 0.717) is 23.4 Å². The van der Waals surface area contributed by atoms with Gasteiger partial charge in [0.2, 0.25) is 0 Å². The van der Waals surface area contributed by atoms with Gasteiger partial charge in [-0.25, -0.2) is 4.79 Å². The highest BCUT2D eigenvalue weighted by molar-refractivity contribution is 9.10. The molecule has 0 radical (unpaired) electrons. The van der Waals surface area contributed by atoms with Crippen molar-refractivity contribution in [3.63, 3.8) is 0 Å². The number of nitrogens with zero attached hydrogens (tertiary/aromatic N) is 1. The monoisotopic (exact) mass is 387 g/mol. The molecule has 0 saturated carbocycles. The van der Waals surface area contributed by atoms with Crippen LogP contribution in [0.1, 0.15) is 25.0 Å². The summed E-state index contributed by atoms with van der Waals surface area (Å²) in [5.41, 5.74) is 1.81. The Balaban J connectivity index is 2.96. The number of hydrogen-bond acceptors (Lipinski definition) is 5. The summed E-state index contributed by atoms with van der Waals surface area (Å²) in [5.74, 6) is -0.820. The normalized spacial score (nSPS) is 12.1. The maximum atomic E-state index is 11.5. The zero-order valence-corrected chi connectivity index (χ0v) is 15.3. The molecule has 6 nitrogen and oxygen atoms in total. The number of aryl methyl sites for hydroxylation is 1. The van der Waals surface area contributed by atoms with Gasteiger partial charge in [-0.2, -0.15) is 0 Å². The SMILES string of the molecule is CCOC(=O)COc1c(Br)cc(C)cc1CN(C)C(C)C(=O)O. The lowest BCUT2D eigenvalue weighted by atomic mass is 10.1. The molecule has 1 aromatic rings. The third-order valence-electron chi connectivity index (χ3n) is 3.34. The number of aliphatic carboxylic acids is 1. The molecule has 0 saturated heterocycles. The summed E-state index contributed by atoms with van der Waals surface area (Å²) >= 11 is 3.43. The van der Waals surface area contributed by atoms with Gasteiger partial charge in [-0.3, -0.25) is 9.69 Å². The molecule has 0 fully saturated rings. The minimum atomic E-state index is -0.895. The zero-order valence-electron chi connectivity index (χ0n) is 13.8. The fourth-order valence-electron chi connectivity index (χ4n) is 2.01. The maximum absolute atomic E-state index is 11.5. The summed E-state index contributed by atoms with van der Waals surface area (Å²) in [4.78, 5) is 24.3. The number of carbonyl (C=O) groups is 2. The highest BCUT2D eigenvalue weighted by Crippen LogP contribution is 2.32. The minimum Gasteiger partial charge on any atom is -0.480 e. The highest BCUT2D eigenvalue weighted by atomic mass is 79.9. The summed E-state index contributed by atoms with van der Waals surface area (Å²) in [7, 11) is 1.73. The maximum Gasteiger partial charge on any atom is 0.344 e. The van der Waals surface area contributed by atoms with E-state index in [1.807, 2.05) is 19.1 Å². The van der Waals surface area contributed by atoms with E-state index < -0.39 is 18.0 Å². The predicted octanol–water partition coefficient (Wildman–Crippen LogP) is 2.60. The zero-order chi connectivity index (χ0) is 17.6. The number of halogens is 1. The molecule has 1 rings (SSSR count). The van der Waals surface area contributed by atoms with Crippen molar-refractivity contribution in [2.24, 2.45) is 0 Å². The quantitative estimate of drug-likeness (QED) is 0.690. The molecule has 0 spiro atoms. The Morgan fingerprint density at radius 1 is 1.39 bits per heavy atom. The second-order valence-electron chi connectivity index (χ2n) is 5.26. The fourth-order valence-corrected chi connectivity index (χ4v) is 2.74. The van der Waals surface area contributed by atoms with Gasteiger partial charge in [-0.15, -0.1) is 0 Å². The van der Waals surface area contributed by atoms with Crippen molar-refractivity contribution in [3.8, 4) is 5.75 Å². The molecule has 0 bridgehead atoms. The largest absolute Gasteiger partial charge is 0.480 e. The van der Waals surface area contributed by atoms with Crippen LogP contribution in [0.5, 0.6) is 5.75 Å². The first kappa shape index (κ1) is 19.4. The molecule has 7 heteroatoms. The number of carboxylic acids is 1. The molecular weight excluding hydrogens is 366 g/mol. The molecule has 0 aromatic heterocycles. The highest BCUT2D eigenvalue weighted by Gasteiger charge is 2.20. The third-order valence-corrected chi connectivity index (χ3v) is 3.93. The molecule has 1 unspecified atom stereocenters. The molecule has 1 atom stereocenters. The first-order valence-electron chi connectivity index (χ1n) is 7.26. The van der Waals surface area contributed by atoms with Crippen LogP contribution in [0.3, 0.4) is 0 Å². The second-order valence-corrected chi connectivity index (χ2v) is 6.11. The molecule has 0 aliphatic carbocycles. The summed E-state index contributed by atoms with van der Waals surface area (Å²) in [6, 6.07) is 3.16. The lowest BCUT2D eigenvalue weighted by Crippen LogP contribution is -2.35. The number of carbonyl (C=O) groups excluding carboxylic acids is 1. The van der Waals surface area contributed by atoms with Crippen molar-refractivity contribution >= 4 is 27.9 Å². The molecular formula is C16H22BrNO5. The van der Waals surface area contributed by atoms with Gasteiger partial charge in [-0.05, 0) is 55.4 Å². The van der Waals surface area contributed by atoms with Crippen LogP contribution >= 0.6 is 15.9 Å². The van der Waals surface area contributed by atoms with E-state index in [2.05, 4.69) is 15.9 Å². The van der Waals surface area contributed by atoms with Gasteiger partial charge in [0.25, 0.3) is 0 Å². The van der Waals surface area contributed by atoms with E-state index in [-0.39, 0.29) is 6.61 Å². The smallest absolute Gasteiger partial charge is 0.344 e. The van der Waals surface area contributed by atoms with Gasteiger partial charge < -0.3 is 14.6 Å². The van der Waals surface area contributed by atoms with E-state index in [1.165, 1.54) is 0 Å². The average Bonchev–Trinajstić information content (AvgIpc) is 2.45. The number of rotatable bonds is 8. The molecule has 23 heavy (non-hydrogen) atoms. The molecule has 128 valence electrons. The lowest BCUT2D eigenvalue weighted by Gasteiger charge is -2.23. The molecule has 0 heterocycles. The molecule has 0 amide bonds. The van der Waals surface area contributed by atoms with Gasteiger partial charge in [0.1, 0.15) is 11.8 Å². The van der Waals surface area contributed by atoms with E-state index in [1.54, 1.807) is 25.8 Å². The van der Waals surface area contributed by atoms with Crippen molar-refractivity contribution in [2.45, 2.75) is 33.4 Å². The standard InChI is InChI=1S/C16H22BrNO5/c1-5-22-14(19)9-23-15-12(6-10(2)7-13(15)17)8-18(4)11(3)16(20)21/h6-7,11H,5,8-9H2,1-4H3,(H,20,21). The topological polar surface area (TPSA) is 76.1 Å². The Morgan fingerprint density at radius 2 is 2.04 bits per heavy atom. The summed E-state index contributed by atoms with van der Waals surface area (Å²) in [5, 5.41) is 9.10. The number of benzene rings is 1. The van der Waals surface area contributed by atoms with Gasteiger partial charge in [0, 0.05) is 12.1 Å². The van der Waals surface area contributed by atoms with Crippen molar-refractivity contribution in [3.05, 3.63) is 27.7 Å². The number of likely N-dealkylation sites (N-methyl/N-ethyl adjacent to an activating group) is 1. The van der Waals surface area contributed by atoms with Gasteiger partial charge in [0.15, 0.2) is 6.61 Å². The fraction of sp³-hybridized carbons (Fsp3) is 0.500. The van der Waals surface area contributed by atoms with Crippen molar-refractivity contribution < 1.29 is 24.2 Å². The Hall–Kier alpha value is -1.60. The Bertz CT molecular complexity index is 576. The van der Waals surface area contributed by atoms with Crippen molar-refractivity contribution in [1.29, 1.82) is 0 Å². The van der Waals surface area contributed by atoms with Crippen molar-refractivity contribution in [2.75, 3.05) is 20.3 Å². The van der Waals surface area contributed by atoms with E-state index in [4.69, 9.17) is 14.6 Å².